The van der Waals surface area contributed by atoms with E-state index in [-0.39, 0.29) is 17.9 Å². The van der Waals surface area contributed by atoms with Gasteiger partial charge in [-0.1, -0.05) is 12.8 Å². The van der Waals surface area contributed by atoms with Crippen LogP contribution in [0.2, 0.25) is 0 Å². The fraction of sp³-hybridized carbons (Fsp3) is 0.538. The van der Waals surface area contributed by atoms with Crippen molar-refractivity contribution in [2.24, 2.45) is 0 Å². The second-order valence-corrected chi connectivity index (χ2v) is 6.27. The van der Waals surface area contributed by atoms with Gasteiger partial charge < -0.3 is 5.11 Å². The molecule has 21 heavy (non-hydrogen) atoms. The number of nitrogens with one attached hydrogen (secondary N) is 1. The van der Waals surface area contributed by atoms with Gasteiger partial charge in [0.1, 0.15) is 4.90 Å². The van der Waals surface area contributed by atoms with Gasteiger partial charge in [0, 0.05) is 0 Å². The third-order valence-electron chi connectivity index (χ3n) is 3.03. The van der Waals surface area contributed by atoms with Crippen LogP contribution < -0.4 is 4.72 Å². The maximum atomic E-state index is 12.4. The summed E-state index contributed by atoms with van der Waals surface area (Å²) in [5.41, 5.74) is 0.713. The van der Waals surface area contributed by atoms with Gasteiger partial charge in [0.15, 0.2) is 0 Å². The van der Waals surface area contributed by atoms with Crippen molar-refractivity contribution in [2.75, 3.05) is 0 Å². The Morgan fingerprint density at radius 1 is 1.52 bits per heavy atom. The first-order chi connectivity index (χ1) is 9.72. The summed E-state index contributed by atoms with van der Waals surface area (Å²) >= 11 is 0. The Morgan fingerprint density at radius 3 is 2.62 bits per heavy atom. The maximum absolute atomic E-state index is 12.4. The number of nitrogens with zero attached hydrogens (tertiary/aromatic N) is 2. The minimum atomic E-state index is -3.79. The van der Waals surface area contributed by atoms with Crippen molar-refractivity contribution in [3.05, 3.63) is 11.4 Å². The van der Waals surface area contributed by atoms with Gasteiger partial charge in [-0.25, -0.2) is 8.42 Å². The smallest absolute Gasteiger partial charge is 0.305 e. The highest BCUT2D eigenvalue weighted by Crippen LogP contribution is 2.20. The third-order valence-corrected chi connectivity index (χ3v) is 4.75. The molecule has 116 valence electrons. The standard InChI is InChI=1S/C13H19N3O4S/c1-5-11(6-2)15-21(19,20)13-9(3)14-16(10(13)4)8-7-12(17)18/h1,11,15H,6-8H2,2-4H3,(H,17,18). The first kappa shape index (κ1) is 17.2. The Balaban J connectivity index is 3.13. The summed E-state index contributed by atoms with van der Waals surface area (Å²) in [5, 5.41) is 12.8. The second kappa shape index (κ2) is 6.74. The van der Waals surface area contributed by atoms with Gasteiger partial charge in [-0.3, -0.25) is 9.48 Å². The Kier molecular flexibility index (Phi) is 5.52. The van der Waals surface area contributed by atoms with Gasteiger partial charge >= 0.3 is 5.97 Å². The Hall–Kier alpha value is -1.85. The van der Waals surface area contributed by atoms with E-state index in [9.17, 15) is 13.2 Å². The number of aliphatic carboxylic acids is 1. The van der Waals surface area contributed by atoms with Crippen molar-refractivity contribution in [3.63, 3.8) is 0 Å². The van der Waals surface area contributed by atoms with Gasteiger partial charge in [-0.15, -0.1) is 6.42 Å². The van der Waals surface area contributed by atoms with E-state index in [0.29, 0.717) is 17.8 Å². The molecule has 0 bridgehead atoms. The molecule has 0 saturated carbocycles. The predicted octanol–water partition coefficient (Wildman–Crippen LogP) is 0.665. The van der Waals surface area contributed by atoms with E-state index < -0.39 is 22.0 Å². The van der Waals surface area contributed by atoms with Crippen molar-refractivity contribution in [1.29, 1.82) is 0 Å². The lowest BCUT2D eigenvalue weighted by atomic mass is 10.3. The van der Waals surface area contributed by atoms with E-state index in [1.54, 1.807) is 20.8 Å². The summed E-state index contributed by atoms with van der Waals surface area (Å²) in [5.74, 6) is 1.40. The van der Waals surface area contributed by atoms with Gasteiger partial charge in [-0.05, 0) is 20.3 Å². The normalized spacial score (nSPS) is 12.9. The average Bonchev–Trinajstić information content (AvgIpc) is 2.68. The summed E-state index contributed by atoms with van der Waals surface area (Å²) in [4.78, 5) is 10.7. The minimum absolute atomic E-state index is 0.0570. The summed E-state index contributed by atoms with van der Waals surface area (Å²) in [7, 11) is -3.79. The highest BCUT2D eigenvalue weighted by Gasteiger charge is 2.26. The van der Waals surface area contributed by atoms with E-state index in [1.165, 1.54) is 4.68 Å². The predicted molar refractivity (Wildman–Crippen MR) is 77.2 cm³/mol. The zero-order valence-corrected chi connectivity index (χ0v) is 13.1. The number of hydrogen-bond donors (Lipinski definition) is 2. The molecule has 7 nitrogen and oxygen atoms in total. The molecule has 1 unspecified atom stereocenters. The number of sulfonamides is 1. The van der Waals surface area contributed by atoms with E-state index >= 15 is 0 Å². The Morgan fingerprint density at radius 2 is 2.14 bits per heavy atom. The summed E-state index contributed by atoms with van der Waals surface area (Å²) in [6, 6.07) is -0.587. The molecule has 1 aromatic heterocycles. The number of hydrogen-bond acceptors (Lipinski definition) is 4. The number of rotatable bonds is 7. The summed E-state index contributed by atoms with van der Waals surface area (Å²) in [6.45, 7) is 5.05. The topological polar surface area (TPSA) is 101 Å². The van der Waals surface area contributed by atoms with Crippen molar-refractivity contribution in [1.82, 2.24) is 14.5 Å². The minimum Gasteiger partial charge on any atom is -0.481 e. The van der Waals surface area contributed by atoms with Gasteiger partial charge in [0.05, 0.1) is 30.4 Å². The summed E-state index contributed by atoms with van der Waals surface area (Å²) < 4.78 is 28.6. The molecule has 0 radical (unpaired) electrons. The maximum Gasteiger partial charge on any atom is 0.305 e. The zero-order chi connectivity index (χ0) is 16.2. The molecular formula is C13H19N3O4S. The van der Waals surface area contributed by atoms with Crippen LogP contribution in [0.25, 0.3) is 0 Å². The van der Waals surface area contributed by atoms with E-state index in [1.807, 2.05) is 0 Å². The highest BCUT2D eigenvalue weighted by molar-refractivity contribution is 7.89. The zero-order valence-electron chi connectivity index (χ0n) is 12.3. The lowest BCUT2D eigenvalue weighted by Crippen LogP contribution is -2.33. The number of carbonyl (C=O) groups is 1. The first-order valence-electron chi connectivity index (χ1n) is 6.47. The number of terminal acetylenes is 1. The molecule has 1 heterocycles. The molecule has 0 aromatic carbocycles. The second-order valence-electron chi connectivity index (χ2n) is 4.62. The number of carboxylic acids is 1. The summed E-state index contributed by atoms with van der Waals surface area (Å²) in [6.07, 6.45) is 5.61. The van der Waals surface area contributed by atoms with Gasteiger partial charge in [0.2, 0.25) is 10.0 Å². The monoisotopic (exact) mass is 313 g/mol. The molecule has 1 rings (SSSR count). The van der Waals surface area contributed by atoms with Crippen LogP contribution in [-0.2, 0) is 21.4 Å². The van der Waals surface area contributed by atoms with Crippen LogP contribution in [0, 0.1) is 26.2 Å². The fourth-order valence-corrected chi connectivity index (χ4v) is 3.62. The van der Waals surface area contributed by atoms with E-state index in [4.69, 9.17) is 11.5 Å². The van der Waals surface area contributed by atoms with Crippen LogP contribution in [0.1, 0.15) is 31.2 Å². The molecular weight excluding hydrogens is 294 g/mol. The van der Waals surface area contributed by atoms with Crippen LogP contribution in [0.3, 0.4) is 0 Å². The SMILES string of the molecule is C#CC(CC)NS(=O)(=O)c1c(C)nn(CCC(=O)O)c1C. The number of carboxylic acid groups (broad SMARTS) is 1. The number of aromatic nitrogens is 2. The average molecular weight is 313 g/mol. The largest absolute Gasteiger partial charge is 0.481 e. The molecule has 0 fully saturated rings. The number of aryl methyl sites for hydroxylation is 2. The van der Waals surface area contributed by atoms with Crippen LogP contribution >= 0.6 is 0 Å². The molecule has 1 atom stereocenters. The highest BCUT2D eigenvalue weighted by atomic mass is 32.2. The van der Waals surface area contributed by atoms with Gasteiger partial charge in [-0.2, -0.15) is 9.82 Å². The Labute approximate surface area is 124 Å². The quantitative estimate of drug-likeness (QED) is 0.720. The molecule has 2 N–H and O–H groups in total. The molecule has 1 aromatic rings. The Bertz CT molecular complexity index is 670. The molecule has 8 heteroatoms. The van der Waals surface area contributed by atoms with Crippen molar-refractivity contribution < 1.29 is 18.3 Å². The van der Waals surface area contributed by atoms with Crippen LogP contribution in [0.15, 0.2) is 4.90 Å². The van der Waals surface area contributed by atoms with Crippen LogP contribution in [0.5, 0.6) is 0 Å². The first-order valence-corrected chi connectivity index (χ1v) is 7.95. The molecule has 0 aliphatic carbocycles. The van der Waals surface area contributed by atoms with Crippen LogP contribution in [-0.4, -0.2) is 35.3 Å². The molecule has 0 spiro atoms. The van der Waals surface area contributed by atoms with Crippen molar-refractivity contribution in [2.45, 2.75) is 51.1 Å². The lowest BCUT2D eigenvalue weighted by molar-refractivity contribution is -0.137. The van der Waals surface area contributed by atoms with E-state index in [0.717, 1.165) is 0 Å². The lowest BCUT2D eigenvalue weighted by Gasteiger charge is -2.11. The van der Waals surface area contributed by atoms with Crippen molar-refractivity contribution >= 4 is 16.0 Å². The molecule has 0 aliphatic rings. The van der Waals surface area contributed by atoms with Crippen LogP contribution in [0.4, 0.5) is 0 Å². The molecule has 0 saturated heterocycles. The molecule has 0 amide bonds. The van der Waals surface area contributed by atoms with Crippen molar-refractivity contribution in [3.8, 4) is 12.3 Å². The third kappa shape index (κ3) is 4.06. The van der Waals surface area contributed by atoms with Gasteiger partial charge in [0.25, 0.3) is 0 Å². The molecule has 0 aliphatic heterocycles. The fourth-order valence-electron chi connectivity index (χ4n) is 1.97. The van der Waals surface area contributed by atoms with E-state index in [2.05, 4.69) is 15.7 Å².